The summed E-state index contributed by atoms with van der Waals surface area (Å²) < 4.78 is 9.93. The van der Waals surface area contributed by atoms with Crippen LogP contribution in [0.25, 0.3) is 11.0 Å². The number of pyridine rings is 1. The summed E-state index contributed by atoms with van der Waals surface area (Å²) in [5, 5.41) is 0.822. The van der Waals surface area contributed by atoms with Crippen molar-refractivity contribution in [3.8, 4) is 5.75 Å². The zero-order valence-corrected chi connectivity index (χ0v) is 9.11. The quantitative estimate of drug-likeness (QED) is 0.800. The Bertz CT molecular complexity index is 519. The standard InChI is InChI=1S/C11H12N2O3/c1-3-16-11(14)9-5-7-4-8(15-2)6-12-10(7)13-9/h4-6H,3H2,1-2H3,(H,12,13). The zero-order chi connectivity index (χ0) is 11.5. The lowest BCUT2D eigenvalue weighted by molar-refractivity contribution is 0.0520. The number of fused-ring (bicyclic) bond motifs is 1. The van der Waals surface area contributed by atoms with E-state index in [9.17, 15) is 4.79 Å². The number of aromatic nitrogens is 2. The molecule has 1 N–H and O–H groups in total. The smallest absolute Gasteiger partial charge is 0.354 e. The summed E-state index contributed by atoms with van der Waals surface area (Å²) in [4.78, 5) is 18.5. The monoisotopic (exact) mass is 220 g/mol. The molecule has 0 bridgehead atoms. The normalized spacial score (nSPS) is 10.4. The Morgan fingerprint density at radius 1 is 1.50 bits per heavy atom. The van der Waals surface area contributed by atoms with Gasteiger partial charge in [-0.2, -0.15) is 0 Å². The Hall–Kier alpha value is -2.04. The van der Waals surface area contributed by atoms with Crippen molar-refractivity contribution in [2.45, 2.75) is 6.92 Å². The van der Waals surface area contributed by atoms with Crippen LogP contribution >= 0.6 is 0 Å². The fraction of sp³-hybridized carbons (Fsp3) is 0.273. The molecule has 0 aromatic carbocycles. The molecule has 2 rings (SSSR count). The summed E-state index contributed by atoms with van der Waals surface area (Å²) in [5.74, 6) is 0.279. The van der Waals surface area contributed by atoms with Crippen molar-refractivity contribution in [1.29, 1.82) is 0 Å². The first-order chi connectivity index (χ1) is 7.74. The number of hydrogen-bond acceptors (Lipinski definition) is 4. The van der Waals surface area contributed by atoms with E-state index in [0.717, 1.165) is 5.39 Å². The zero-order valence-electron chi connectivity index (χ0n) is 9.11. The molecule has 0 spiro atoms. The van der Waals surface area contributed by atoms with Crippen LogP contribution in [0.2, 0.25) is 0 Å². The van der Waals surface area contributed by atoms with E-state index in [4.69, 9.17) is 9.47 Å². The Kier molecular flexibility index (Phi) is 2.76. The lowest BCUT2D eigenvalue weighted by Crippen LogP contribution is -2.04. The van der Waals surface area contributed by atoms with Crippen LogP contribution < -0.4 is 4.74 Å². The summed E-state index contributed by atoms with van der Waals surface area (Å²) in [6.45, 7) is 2.12. The van der Waals surface area contributed by atoms with Crippen molar-refractivity contribution in [1.82, 2.24) is 9.97 Å². The highest BCUT2D eigenvalue weighted by Gasteiger charge is 2.11. The third-order valence-corrected chi connectivity index (χ3v) is 2.18. The summed E-state index contributed by atoms with van der Waals surface area (Å²) in [6.07, 6.45) is 1.59. The van der Waals surface area contributed by atoms with E-state index >= 15 is 0 Å². The molecule has 2 aromatic rings. The molecule has 2 heterocycles. The number of H-pyrrole nitrogens is 1. The highest BCUT2D eigenvalue weighted by molar-refractivity contribution is 5.93. The minimum Gasteiger partial charge on any atom is -0.495 e. The average molecular weight is 220 g/mol. The van der Waals surface area contributed by atoms with Crippen molar-refractivity contribution in [2.24, 2.45) is 0 Å². The molecular formula is C11H12N2O3. The van der Waals surface area contributed by atoms with Crippen molar-refractivity contribution in [3.63, 3.8) is 0 Å². The highest BCUT2D eigenvalue weighted by atomic mass is 16.5. The summed E-state index contributed by atoms with van der Waals surface area (Å²) in [7, 11) is 1.57. The third kappa shape index (κ3) is 1.84. The molecule has 0 aliphatic heterocycles. The van der Waals surface area contributed by atoms with Crippen LogP contribution in [0.3, 0.4) is 0 Å². The number of rotatable bonds is 3. The fourth-order valence-electron chi connectivity index (χ4n) is 1.43. The average Bonchev–Trinajstić information content (AvgIpc) is 2.71. The predicted molar refractivity (Wildman–Crippen MR) is 58.6 cm³/mol. The molecule has 0 aliphatic carbocycles. The maximum Gasteiger partial charge on any atom is 0.354 e. The molecule has 5 nitrogen and oxygen atoms in total. The Morgan fingerprint density at radius 3 is 3.00 bits per heavy atom. The topological polar surface area (TPSA) is 64.2 Å². The van der Waals surface area contributed by atoms with Crippen LogP contribution in [0.1, 0.15) is 17.4 Å². The maximum absolute atomic E-state index is 11.5. The fourth-order valence-corrected chi connectivity index (χ4v) is 1.43. The SMILES string of the molecule is CCOC(=O)c1cc2cc(OC)cnc2[nH]1. The van der Waals surface area contributed by atoms with Gasteiger partial charge in [-0.3, -0.25) is 0 Å². The van der Waals surface area contributed by atoms with Crippen molar-refractivity contribution in [3.05, 3.63) is 24.0 Å². The minimum absolute atomic E-state index is 0.352. The number of hydrogen-bond donors (Lipinski definition) is 1. The summed E-state index contributed by atoms with van der Waals surface area (Å²) in [5.41, 5.74) is 1.04. The molecule has 16 heavy (non-hydrogen) atoms. The van der Waals surface area contributed by atoms with Crippen LogP contribution in [0.5, 0.6) is 5.75 Å². The van der Waals surface area contributed by atoms with E-state index in [-0.39, 0.29) is 5.97 Å². The van der Waals surface area contributed by atoms with Gasteiger partial charge in [0, 0.05) is 5.39 Å². The first kappa shape index (κ1) is 10.5. The Balaban J connectivity index is 2.39. The number of esters is 1. The molecule has 0 atom stereocenters. The number of methoxy groups -OCH3 is 1. The molecule has 0 saturated carbocycles. The molecule has 0 amide bonds. The van der Waals surface area contributed by atoms with Crippen LogP contribution in [-0.4, -0.2) is 29.7 Å². The lowest BCUT2D eigenvalue weighted by atomic mass is 10.3. The van der Waals surface area contributed by atoms with E-state index in [1.54, 1.807) is 26.3 Å². The maximum atomic E-state index is 11.5. The van der Waals surface area contributed by atoms with E-state index in [1.165, 1.54) is 0 Å². The van der Waals surface area contributed by atoms with E-state index in [0.29, 0.717) is 23.7 Å². The second-order valence-corrected chi connectivity index (χ2v) is 3.22. The van der Waals surface area contributed by atoms with E-state index in [1.807, 2.05) is 6.07 Å². The van der Waals surface area contributed by atoms with Gasteiger partial charge in [0.2, 0.25) is 0 Å². The van der Waals surface area contributed by atoms with Gasteiger partial charge in [-0.1, -0.05) is 0 Å². The van der Waals surface area contributed by atoms with Gasteiger partial charge >= 0.3 is 5.97 Å². The Morgan fingerprint density at radius 2 is 2.31 bits per heavy atom. The summed E-state index contributed by atoms with van der Waals surface area (Å²) >= 11 is 0. The number of carbonyl (C=O) groups is 1. The van der Waals surface area contributed by atoms with Crippen molar-refractivity contribution < 1.29 is 14.3 Å². The Labute approximate surface area is 92.4 Å². The molecule has 0 fully saturated rings. The first-order valence-corrected chi connectivity index (χ1v) is 4.94. The van der Waals surface area contributed by atoms with Gasteiger partial charge in [-0.15, -0.1) is 0 Å². The molecule has 0 radical (unpaired) electrons. The predicted octanol–water partition coefficient (Wildman–Crippen LogP) is 1.75. The van der Waals surface area contributed by atoms with Gasteiger partial charge in [-0.25, -0.2) is 9.78 Å². The number of carbonyl (C=O) groups excluding carboxylic acids is 1. The lowest BCUT2D eigenvalue weighted by Gasteiger charge is -1.96. The van der Waals surface area contributed by atoms with Gasteiger partial charge in [0.25, 0.3) is 0 Å². The van der Waals surface area contributed by atoms with Gasteiger partial charge < -0.3 is 14.5 Å². The number of nitrogens with one attached hydrogen (secondary N) is 1. The minimum atomic E-state index is -0.375. The number of ether oxygens (including phenoxy) is 2. The molecule has 0 unspecified atom stereocenters. The molecule has 84 valence electrons. The van der Waals surface area contributed by atoms with Crippen LogP contribution in [-0.2, 0) is 4.74 Å². The largest absolute Gasteiger partial charge is 0.495 e. The van der Waals surface area contributed by atoms with Gasteiger partial charge in [-0.05, 0) is 19.1 Å². The molecule has 0 aliphatic rings. The van der Waals surface area contributed by atoms with Gasteiger partial charge in [0.15, 0.2) is 0 Å². The molecule has 5 heteroatoms. The molecular weight excluding hydrogens is 208 g/mol. The van der Waals surface area contributed by atoms with Gasteiger partial charge in [0.05, 0.1) is 19.9 Å². The molecule has 2 aromatic heterocycles. The van der Waals surface area contributed by atoms with Gasteiger partial charge in [0.1, 0.15) is 17.1 Å². The highest BCUT2D eigenvalue weighted by Crippen LogP contribution is 2.19. The second kappa shape index (κ2) is 4.22. The second-order valence-electron chi connectivity index (χ2n) is 3.22. The van der Waals surface area contributed by atoms with Crippen molar-refractivity contribution in [2.75, 3.05) is 13.7 Å². The van der Waals surface area contributed by atoms with Crippen LogP contribution in [0.4, 0.5) is 0 Å². The number of aromatic amines is 1. The first-order valence-electron chi connectivity index (χ1n) is 4.94. The van der Waals surface area contributed by atoms with Crippen LogP contribution in [0, 0.1) is 0 Å². The van der Waals surface area contributed by atoms with E-state index in [2.05, 4.69) is 9.97 Å². The van der Waals surface area contributed by atoms with E-state index < -0.39 is 0 Å². The number of nitrogens with zero attached hydrogens (tertiary/aromatic N) is 1. The van der Waals surface area contributed by atoms with Crippen LogP contribution in [0.15, 0.2) is 18.3 Å². The summed E-state index contributed by atoms with van der Waals surface area (Å²) in [6, 6.07) is 3.50. The molecule has 0 saturated heterocycles. The van der Waals surface area contributed by atoms with Crippen molar-refractivity contribution >= 4 is 17.0 Å². The third-order valence-electron chi connectivity index (χ3n) is 2.18.